The van der Waals surface area contributed by atoms with Crippen molar-refractivity contribution < 1.29 is 14.6 Å². The smallest absolute Gasteiger partial charge is 0.271 e. The second-order valence-corrected chi connectivity index (χ2v) is 5.59. The number of phenols is 1. The van der Waals surface area contributed by atoms with E-state index in [1.54, 1.807) is 6.21 Å². The minimum atomic E-state index is -0.349. The van der Waals surface area contributed by atoms with E-state index in [-0.39, 0.29) is 11.7 Å². The van der Waals surface area contributed by atoms with Crippen molar-refractivity contribution in [2.75, 3.05) is 0 Å². The molecule has 0 unspecified atom stereocenters. The van der Waals surface area contributed by atoms with E-state index in [2.05, 4.69) is 10.5 Å². The van der Waals surface area contributed by atoms with Crippen LogP contribution in [0, 0.1) is 0 Å². The fourth-order valence-electron chi connectivity index (χ4n) is 2.27. The Bertz CT molecular complexity index is 891. The summed E-state index contributed by atoms with van der Waals surface area (Å²) in [6.07, 6.45) is 1.55. The Labute approximate surface area is 151 Å². The van der Waals surface area contributed by atoms with Gasteiger partial charge in [0.15, 0.2) is 0 Å². The minimum absolute atomic E-state index is 0.109. The first-order valence-electron chi connectivity index (χ1n) is 8.10. The molecular weight excluding hydrogens is 328 g/mol. The van der Waals surface area contributed by atoms with Crippen molar-refractivity contribution in [3.8, 4) is 11.5 Å². The maximum atomic E-state index is 11.9. The minimum Gasteiger partial charge on any atom is -0.508 e. The number of aromatic hydroxyl groups is 1. The first kappa shape index (κ1) is 17.2. The molecule has 5 heteroatoms. The fraction of sp³-hybridized carbons (Fsp3) is 0.0476. The van der Waals surface area contributed by atoms with Crippen LogP contribution in [0.3, 0.4) is 0 Å². The summed E-state index contributed by atoms with van der Waals surface area (Å²) in [5, 5.41) is 13.2. The Morgan fingerprint density at radius 2 is 1.77 bits per heavy atom. The summed E-state index contributed by atoms with van der Waals surface area (Å²) in [5.41, 5.74) is 4.77. The third kappa shape index (κ3) is 4.95. The molecule has 3 rings (SSSR count). The Kier molecular flexibility index (Phi) is 5.62. The number of hydrazone groups is 1. The molecular formula is C21H18N2O3. The van der Waals surface area contributed by atoms with Crippen molar-refractivity contribution in [3.63, 3.8) is 0 Å². The van der Waals surface area contributed by atoms with Gasteiger partial charge in [0.1, 0.15) is 18.1 Å². The lowest BCUT2D eigenvalue weighted by Crippen LogP contribution is -2.17. The summed E-state index contributed by atoms with van der Waals surface area (Å²) in [6.45, 7) is 0.485. The molecule has 26 heavy (non-hydrogen) atoms. The van der Waals surface area contributed by atoms with Crippen molar-refractivity contribution >= 4 is 12.1 Å². The molecule has 0 spiro atoms. The first-order chi connectivity index (χ1) is 12.7. The van der Waals surface area contributed by atoms with Crippen LogP contribution in [0.2, 0.25) is 0 Å². The number of nitrogens with one attached hydrogen (secondary N) is 1. The third-order valence-corrected chi connectivity index (χ3v) is 3.62. The Balaban J connectivity index is 1.56. The van der Waals surface area contributed by atoms with Crippen molar-refractivity contribution in [2.45, 2.75) is 6.61 Å². The maximum Gasteiger partial charge on any atom is 0.271 e. The van der Waals surface area contributed by atoms with E-state index in [0.29, 0.717) is 12.2 Å². The van der Waals surface area contributed by atoms with Gasteiger partial charge in [-0.15, -0.1) is 0 Å². The molecule has 1 amide bonds. The summed E-state index contributed by atoms with van der Waals surface area (Å²) in [7, 11) is 0. The number of carbonyl (C=O) groups excluding carboxylic acids is 1. The molecule has 0 saturated heterocycles. The van der Waals surface area contributed by atoms with Crippen molar-refractivity contribution in [3.05, 3.63) is 95.6 Å². The average molecular weight is 346 g/mol. The predicted octanol–water partition coefficient (Wildman–Crippen LogP) is 3.74. The molecule has 0 heterocycles. The molecule has 2 N–H and O–H groups in total. The zero-order valence-electron chi connectivity index (χ0n) is 14.0. The van der Waals surface area contributed by atoms with Crippen LogP contribution in [0.4, 0.5) is 0 Å². The number of nitrogens with zero attached hydrogens (tertiary/aromatic N) is 1. The normalized spacial score (nSPS) is 10.6. The van der Waals surface area contributed by atoms with Crippen molar-refractivity contribution in [1.82, 2.24) is 5.43 Å². The molecule has 0 fully saturated rings. The van der Waals surface area contributed by atoms with Crippen molar-refractivity contribution in [1.29, 1.82) is 0 Å². The van der Waals surface area contributed by atoms with Crippen LogP contribution < -0.4 is 10.2 Å². The standard InChI is InChI=1S/C21H18N2O3/c24-19-11-9-18(10-12-19)21(25)23-22-14-17-7-4-8-20(13-17)26-15-16-5-2-1-3-6-16/h1-14,24H,15H2,(H,23,25)/b22-14-. The largest absolute Gasteiger partial charge is 0.508 e. The number of phenolic OH excluding ortho intramolecular Hbond substituents is 1. The van der Waals surface area contributed by atoms with Crippen LogP contribution in [-0.2, 0) is 6.61 Å². The zero-order valence-corrected chi connectivity index (χ0v) is 14.0. The highest BCUT2D eigenvalue weighted by atomic mass is 16.5. The van der Waals surface area contributed by atoms with Crippen LogP contribution in [0.1, 0.15) is 21.5 Å². The second-order valence-electron chi connectivity index (χ2n) is 5.59. The molecule has 5 nitrogen and oxygen atoms in total. The van der Waals surface area contributed by atoms with Gasteiger partial charge in [-0.2, -0.15) is 5.10 Å². The van der Waals surface area contributed by atoms with Gasteiger partial charge in [0.25, 0.3) is 5.91 Å². The summed E-state index contributed by atoms with van der Waals surface area (Å²) in [5.74, 6) is 0.484. The van der Waals surface area contributed by atoms with Gasteiger partial charge < -0.3 is 9.84 Å². The maximum absolute atomic E-state index is 11.9. The van der Waals surface area contributed by atoms with Crippen LogP contribution in [0.5, 0.6) is 11.5 Å². The highest BCUT2D eigenvalue weighted by Crippen LogP contribution is 2.14. The molecule has 3 aromatic rings. The highest BCUT2D eigenvalue weighted by Gasteiger charge is 2.03. The van der Waals surface area contributed by atoms with Gasteiger partial charge in [-0.3, -0.25) is 4.79 Å². The van der Waals surface area contributed by atoms with Gasteiger partial charge in [0, 0.05) is 5.56 Å². The highest BCUT2D eigenvalue weighted by molar-refractivity contribution is 5.95. The lowest BCUT2D eigenvalue weighted by molar-refractivity contribution is 0.0955. The summed E-state index contributed by atoms with van der Waals surface area (Å²) in [6, 6.07) is 23.3. The third-order valence-electron chi connectivity index (χ3n) is 3.62. The van der Waals surface area contributed by atoms with E-state index >= 15 is 0 Å². The number of ether oxygens (including phenoxy) is 1. The molecule has 0 saturated carbocycles. The SMILES string of the molecule is O=C(N/N=C\c1cccc(OCc2ccccc2)c1)c1ccc(O)cc1. The van der Waals surface area contributed by atoms with E-state index in [1.165, 1.54) is 24.3 Å². The Morgan fingerprint density at radius 1 is 1.00 bits per heavy atom. The van der Waals surface area contributed by atoms with E-state index in [9.17, 15) is 9.90 Å². The molecule has 130 valence electrons. The Hall–Kier alpha value is -3.60. The molecule has 0 radical (unpaired) electrons. The van der Waals surface area contributed by atoms with E-state index < -0.39 is 0 Å². The molecule has 0 bridgehead atoms. The first-order valence-corrected chi connectivity index (χ1v) is 8.10. The topological polar surface area (TPSA) is 70.9 Å². The summed E-state index contributed by atoms with van der Waals surface area (Å²) in [4.78, 5) is 11.9. The molecule has 3 aromatic carbocycles. The average Bonchev–Trinajstić information content (AvgIpc) is 2.68. The lowest BCUT2D eigenvalue weighted by Gasteiger charge is -2.06. The van der Waals surface area contributed by atoms with Crippen LogP contribution in [0.25, 0.3) is 0 Å². The Morgan fingerprint density at radius 3 is 2.54 bits per heavy atom. The number of rotatable bonds is 6. The van der Waals surface area contributed by atoms with Crippen LogP contribution in [-0.4, -0.2) is 17.2 Å². The van der Waals surface area contributed by atoms with Gasteiger partial charge in [-0.25, -0.2) is 5.43 Å². The molecule has 0 aliphatic heterocycles. The van der Waals surface area contributed by atoms with Gasteiger partial charge in [0.05, 0.1) is 6.21 Å². The molecule has 0 atom stereocenters. The quantitative estimate of drug-likeness (QED) is 0.528. The number of benzene rings is 3. The second kappa shape index (κ2) is 8.48. The summed E-state index contributed by atoms with van der Waals surface area (Å²) < 4.78 is 5.77. The van der Waals surface area contributed by atoms with E-state index in [1.807, 2.05) is 54.6 Å². The molecule has 0 aliphatic carbocycles. The van der Waals surface area contributed by atoms with Crippen LogP contribution >= 0.6 is 0 Å². The van der Waals surface area contributed by atoms with Crippen molar-refractivity contribution in [2.24, 2.45) is 5.10 Å². The van der Waals surface area contributed by atoms with Gasteiger partial charge in [0.2, 0.25) is 0 Å². The van der Waals surface area contributed by atoms with E-state index in [4.69, 9.17) is 4.74 Å². The van der Waals surface area contributed by atoms with E-state index in [0.717, 1.165) is 16.9 Å². The van der Waals surface area contributed by atoms with Gasteiger partial charge >= 0.3 is 0 Å². The number of hydrogen-bond acceptors (Lipinski definition) is 4. The summed E-state index contributed by atoms with van der Waals surface area (Å²) >= 11 is 0. The monoisotopic (exact) mass is 346 g/mol. The number of carbonyl (C=O) groups is 1. The van der Waals surface area contributed by atoms with Crippen LogP contribution in [0.15, 0.2) is 84.0 Å². The molecule has 0 aromatic heterocycles. The zero-order chi connectivity index (χ0) is 18.2. The number of amides is 1. The van der Waals surface area contributed by atoms with Gasteiger partial charge in [-0.1, -0.05) is 42.5 Å². The fourth-order valence-corrected chi connectivity index (χ4v) is 2.27. The number of hydrogen-bond donors (Lipinski definition) is 2. The van der Waals surface area contributed by atoms with Gasteiger partial charge in [-0.05, 0) is 47.5 Å². The molecule has 0 aliphatic rings. The predicted molar refractivity (Wildman–Crippen MR) is 100 cm³/mol. The lowest BCUT2D eigenvalue weighted by atomic mass is 10.2.